The topological polar surface area (TPSA) is 35.2 Å². The summed E-state index contributed by atoms with van der Waals surface area (Å²) >= 11 is 1.44. The van der Waals surface area contributed by atoms with E-state index in [1.165, 1.54) is 23.9 Å². The van der Waals surface area contributed by atoms with Crippen LogP contribution in [0.4, 0.5) is 13.2 Å². The van der Waals surface area contributed by atoms with E-state index < -0.39 is 11.7 Å². The van der Waals surface area contributed by atoms with E-state index in [2.05, 4.69) is 0 Å². The summed E-state index contributed by atoms with van der Waals surface area (Å²) < 4.78 is 44.2. The number of nitrogens with two attached hydrogens (primary N) is 1. The van der Waals surface area contributed by atoms with Crippen LogP contribution in [-0.4, -0.2) is 18.0 Å². The number of alkyl halides is 3. The maximum absolute atomic E-state index is 12.9. The fourth-order valence-corrected chi connectivity index (χ4v) is 3.28. The Morgan fingerprint density at radius 3 is 2.68 bits per heavy atom. The first-order valence-electron chi connectivity index (χ1n) is 6.10. The molecule has 2 atom stereocenters. The molecule has 0 amide bonds. The number of benzene rings is 1. The van der Waals surface area contributed by atoms with Gasteiger partial charge in [-0.2, -0.15) is 13.2 Å². The minimum atomic E-state index is -4.36. The molecule has 0 bridgehead atoms. The molecule has 1 aliphatic rings. The second kappa shape index (κ2) is 5.73. The molecule has 1 fully saturated rings. The second-order valence-electron chi connectivity index (χ2n) is 4.54. The molecule has 2 unspecified atom stereocenters. The third-order valence-corrected chi connectivity index (χ3v) is 4.65. The van der Waals surface area contributed by atoms with Crippen molar-refractivity contribution in [3.05, 3.63) is 29.3 Å². The van der Waals surface area contributed by atoms with E-state index in [1.54, 1.807) is 6.07 Å². The van der Waals surface area contributed by atoms with Gasteiger partial charge in [-0.1, -0.05) is 6.07 Å². The zero-order chi connectivity index (χ0) is 14.0. The summed E-state index contributed by atoms with van der Waals surface area (Å²) in [5.74, 6) is 0. The van der Waals surface area contributed by atoms with Crippen LogP contribution in [0.5, 0.6) is 0 Å². The molecule has 1 saturated heterocycles. The number of hydrogen-bond donors (Lipinski definition) is 1. The van der Waals surface area contributed by atoms with E-state index in [1.807, 2.05) is 6.92 Å². The lowest BCUT2D eigenvalue weighted by Gasteiger charge is -2.16. The minimum Gasteiger partial charge on any atom is -0.377 e. The number of rotatable bonds is 3. The van der Waals surface area contributed by atoms with Gasteiger partial charge in [0.05, 0.1) is 11.7 Å². The van der Waals surface area contributed by atoms with E-state index in [0.29, 0.717) is 11.5 Å². The van der Waals surface area contributed by atoms with Gasteiger partial charge in [0.2, 0.25) is 0 Å². The largest absolute Gasteiger partial charge is 0.416 e. The second-order valence-corrected chi connectivity index (χ2v) is 5.85. The third-order valence-electron chi connectivity index (χ3n) is 3.20. The van der Waals surface area contributed by atoms with Crippen molar-refractivity contribution in [2.45, 2.75) is 42.3 Å². The summed E-state index contributed by atoms with van der Waals surface area (Å²) in [6.45, 7) is 2.51. The van der Waals surface area contributed by atoms with Gasteiger partial charge in [-0.3, -0.25) is 0 Å². The van der Waals surface area contributed by atoms with Crippen molar-refractivity contribution in [2.75, 3.05) is 6.61 Å². The summed E-state index contributed by atoms with van der Waals surface area (Å²) in [6.07, 6.45) is -3.41. The van der Waals surface area contributed by atoms with Crippen molar-refractivity contribution in [1.29, 1.82) is 0 Å². The van der Waals surface area contributed by atoms with Crippen LogP contribution >= 0.6 is 11.8 Å². The van der Waals surface area contributed by atoms with E-state index in [0.717, 1.165) is 6.42 Å². The zero-order valence-electron chi connectivity index (χ0n) is 10.5. The lowest BCUT2D eigenvalue weighted by atomic mass is 10.1. The zero-order valence-corrected chi connectivity index (χ0v) is 11.4. The first-order chi connectivity index (χ1) is 8.91. The van der Waals surface area contributed by atoms with Gasteiger partial charge in [0.1, 0.15) is 0 Å². The van der Waals surface area contributed by atoms with Crippen LogP contribution in [-0.2, 0) is 17.5 Å². The Morgan fingerprint density at radius 1 is 1.42 bits per heavy atom. The summed E-state index contributed by atoms with van der Waals surface area (Å²) in [7, 11) is 0. The molecular weight excluding hydrogens is 275 g/mol. The van der Waals surface area contributed by atoms with Gasteiger partial charge in [0.15, 0.2) is 0 Å². The number of hydrogen-bond acceptors (Lipinski definition) is 3. The molecule has 2 nitrogen and oxygen atoms in total. The molecule has 1 heterocycles. The molecule has 1 aromatic carbocycles. The highest BCUT2D eigenvalue weighted by atomic mass is 32.2. The molecular formula is C13H16F3NOS. The summed E-state index contributed by atoms with van der Waals surface area (Å²) in [4.78, 5) is 0.617. The molecule has 1 aromatic rings. The average Bonchev–Trinajstić information content (AvgIpc) is 2.74. The Morgan fingerprint density at radius 2 is 2.16 bits per heavy atom. The molecule has 0 radical (unpaired) electrons. The first kappa shape index (κ1) is 14.7. The van der Waals surface area contributed by atoms with Crippen LogP contribution in [0.2, 0.25) is 0 Å². The predicted octanol–water partition coefficient (Wildman–Crippen LogP) is 3.43. The average molecular weight is 291 g/mol. The summed E-state index contributed by atoms with van der Waals surface area (Å²) in [5, 5.41) is 0.213. The van der Waals surface area contributed by atoms with Gasteiger partial charge in [-0.05, 0) is 31.0 Å². The Hall–Kier alpha value is -0.720. The first-order valence-corrected chi connectivity index (χ1v) is 6.98. The van der Waals surface area contributed by atoms with E-state index in [9.17, 15) is 13.2 Å². The van der Waals surface area contributed by atoms with Crippen LogP contribution in [0.15, 0.2) is 23.1 Å². The molecule has 0 aromatic heterocycles. The van der Waals surface area contributed by atoms with Crippen molar-refractivity contribution in [2.24, 2.45) is 5.73 Å². The van der Waals surface area contributed by atoms with Gasteiger partial charge in [0, 0.05) is 23.3 Å². The smallest absolute Gasteiger partial charge is 0.377 e. The third kappa shape index (κ3) is 3.43. The van der Waals surface area contributed by atoms with Crippen molar-refractivity contribution in [1.82, 2.24) is 0 Å². The monoisotopic (exact) mass is 291 g/mol. The lowest BCUT2D eigenvalue weighted by Crippen LogP contribution is -2.14. The Kier molecular flexibility index (Phi) is 4.43. The molecule has 106 valence electrons. The van der Waals surface area contributed by atoms with Crippen molar-refractivity contribution >= 4 is 11.8 Å². The van der Waals surface area contributed by atoms with Crippen molar-refractivity contribution in [3.63, 3.8) is 0 Å². The molecule has 2 N–H and O–H groups in total. The number of ether oxygens (including phenoxy) is 1. The van der Waals surface area contributed by atoms with Crippen LogP contribution in [0.3, 0.4) is 0 Å². The molecule has 6 heteroatoms. The van der Waals surface area contributed by atoms with Crippen LogP contribution in [0, 0.1) is 0 Å². The minimum absolute atomic E-state index is 0.0773. The van der Waals surface area contributed by atoms with Gasteiger partial charge in [-0.15, -0.1) is 11.8 Å². The van der Waals surface area contributed by atoms with E-state index in [-0.39, 0.29) is 23.5 Å². The highest BCUT2D eigenvalue weighted by molar-refractivity contribution is 8.00. The molecule has 19 heavy (non-hydrogen) atoms. The quantitative estimate of drug-likeness (QED) is 0.926. The van der Waals surface area contributed by atoms with Crippen LogP contribution < -0.4 is 5.73 Å². The SMILES string of the molecule is CC1OCCC1Sc1ccc(CN)c(C(F)(F)F)c1. The van der Waals surface area contributed by atoms with E-state index >= 15 is 0 Å². The van der Waals surface area contributed by atoms with Gasteiger partial charge in [0.25, 0.3) is 0 Å². The van der Waals surface area contributed by atoms with Crippen LogP contribution in [0.25, 0.3) is 0 Å². The fraction of sp³-hybridized carbons (Fsp3) is 0.538. The number of thioether (sulfide) groups is 1. The van der Waals surface area contributed by atoms with Crippen molar-refractivity contribution in [3.8, 4) is 0 Å². The summed E-state index contributed by atoms with van der Waals surface area (Å²) in [6, 6.07) is 4.36. The maximum atomic E-state index is 12.9. The predicted molar refractivity (Wildman–Crippen MR) is 69.0 cm³/mol. The standard InChI is InChI=1S/C13H16F3NOS/c1-8-12(4-5-18-8)19-10-3-2-9(7-17)11(6-10)13(14,15)16/h2-3,6,8,12H,4-5,7,17H2,1H3. The lowest BCUT2D eigenvalue weighted by molar-refractivity contribution is -0.138. The molecule has 1 aliphatic heterocycles. The van der Waals surface area contributed by atoms with Gasteiger partial charge < -0.3 is 10.5 Å². The van der Waals surface area contributed by atoms with Gasteiger partial charge in [-0.25, -0.2) is 0 Å². The number of halogens is 3. The van der Waals surface area contributed by atoms with Crippen molar-refractivity contribution < 1.29 is 17.9 Å². The highest BCUT2D eigenvalue weighted by Crippen LogP contribution is 2.38. The van der Waals surface area contributed by atoms with Gasteiger partial charge >= 0.3 is 6.18 Å². The molecule has 0 aliphatic carbocycles. The van der Waals surface area contributed by atoms with Crippen LogP contribution in [0.1, 0.15) is 24.5 Å². The highest BCUT2D eigenvalue weighted by Gasteiger charge is 2.34. The Balaban J connectivity index is 2.23. The fourth-order valence-electron chi connectivity index (χ4n) is 2.11. The molecule has 0 spiro atoms. The molecule has 2 rings (SSSR count). The summed E-state index contributed by atoms with van der Waals surface area (Å²) in [5.41, 5.74) is 4.86. The Bertz CT molecular complexity index is 450. The van der Waals surface area contributed by atoms with E-state index in [4.69, 9.17) is 10.5 Å². The molecule has 0 saturated carbocycles. The maximum Gasteiger partial charge on any atom is 0.416 e. The Labute approximate surface area is 114 Å². The normalized spacial score (nSPS) is 23.8.